The van der Waals surface area contributed by atoms with E-state index in [1.54, 1.807) is 6.08 Å². The van der Waals surface area contributed by atoms with Gasteiger partial charge in [0, 0.05) is 11.3 Å². The van der Waals surface area contributed by atoms with Gasteiger partial charge in [0.1, 0.15) is 5.82 Å². The molecule has 4 nitrogen and oxygen atoms in total. The van der Waals surface area contributed by atoms with Crippen LogP contribution in [0.5, 0.6) is 0 Å². The molecule has 0 saturated heterocycles. The molecule has 0 atom stereocenters. The molecule has 74 valence electrons. The number of hydrogen-bond acceptors (Lipinski definition) is 4. The third kappa shape index (κ3) is 1.79. The summed E-state index contributed by atoms with van der Waals surface area (Å²) >= 11 is 0. The van der Waals surface area contributed by atoms with Crippen LogP contribution in [0.3, 0.4) is 0 Å². The lowest BCUT2D eigenvalue weighted by Crippen LogP contribution is -2.09. The molecule has 1 aromatic rings. The molecular formula is C10H14N4. The molecule has 0 aliphatic rings. The topological polar surface area (TPSA) is 64.2 Å². The van der Waals surface area contributed by atoms with E-state index in [9.17, 15) is 0 Å². The van der Waals surface area contributed by atoms with E-state index in [-0.39, 0.29) is 0 Å². The molecule has 0 aliphatic carbocycles. The summed E-state index contributed by atoms with van der Waals surface area (Å²) in [5.41, 5.74) is 3.23. The zero-order valence-electron chi connectivity index (χ0n) is 8.70. The first-order chi connectivity index (χ1) is 6.60. The smallest absolute Gasteiger partial charge is 0.126 e. The van der Waals surface area contributed by atoms with Crippen molar-refractivity contribution in [2.75, 3.05) is 0 Å². The van der Waals surface area contributed by atoms with Crippen molar-refractivity contribution in [3.63, 3.8) is 0 Å². The molecule has 0 spiro atoms. The van der Waals surface area contributed by atoms with Crippen molar-refractivity contribution < 1.29 is 0 Å². The zero-order valence-corrected chi connectivity index (χ0v) is 8.70. The second-order valence-electron chi connectivity index (χ2n) is 3.04. The molecule has 0 saturated carbocycles. The first-order valence-electron chi connectivity index (χ1n) is 4.32. The van der Waals surface area contributed by atoms with Crippen molar-refractivity contribution in [3.8, 4) is 0 Å². The lowest BCUT2D eigenvalue weighted by atomic mass is 10.1. The highest BCUT2D eigenvalue weighted by Gasteiger charge is 2.09. The zero-order chi connectivity index (χ0) is 10.7. The van der Waals surface area contributed by atoms with Gasteiger partial charge < -0.3 is 5.84 Å². The van der Waals surface area contributed by atoms with Gasteiger partial charge in [0.15, 0.2) is 0 Å². The van der Waals surface area contributed by atoms with Crippen LogP contribution in [0, 0.1) is 13.8 Å². The van der Waals surface area contributed by atoms with Gasteiger partial charge in [-0.25, -0.2) is 9.97 Å². The SMILES string of the molecule is C=Cc1c(C)nc(C)nc1/C(C)=N\N. The normalized spacial score (nSPS) is 11.5. The lowest BCUT2D eigenvalue weighted by molar-refractivity contribution is 0.991. The minimum atomic E-state index is 0.688. The largest absolute Gasteiger partial charge is 0.323 e. The molecule has 4 heteroatoms. The van der Waals surface area contributed by atoms with Crippen LogP contribution in [0.15, 0.2) is 11.7 Å². The first kappa shape index (κ1) is 10.4. The van der Waals surface area contributed by atoms with E-state index in [1.165, 1.54) is 0 Å². The molecule has 0 unspecified atom stereocenters. The van der Waals surface area contributed by atoms with E-state index in [1.807, 2.05) is 20.8 Å². The number of rotatable bonds is 2. The van der Waals surface area contributed by atoms with Crippen molar-refractivity contribution in [2.24, 2.45) is 10.9 Å². The second-order valence-corrected chi connectivity index (χ2v) is 3.04. The standard InChI is InChI=1S/C10H14N4/c1-5-9-6(2)12-8(4)13-10(9)7(3)14-11/h5H,1,11H2,2-4H3/b14-7-. The molecule has 1 aromatic heterocycles. The number of nitrogens with zero attached hydrogens (tertiary/aromatic N) is 3. The highest BCUT2D eigenvalue weighted by Crippen LogP contribution is 2.12. The predicted molar refractivity (Wildman–Crippen MR) is 58.0 cm³/mol. The van der Waals surface area contributed by atoms with Crippen LogP contribution in [0.4, 0.5) is 0 Å². The van der Waals surface area contributed by atoms with Crippen molar-refractivity contribution in [1.82, 2.24) is 9.97 Å². The van der Waals surface area contributed by atoms with E-state index in [4.69, 9.17) is 5.84 Å². The summed E-state index contributed by atoms with van der Waals surface area (Å²) in [4.78, 5) is 8.53. The Labute approximate surface area is 83.6 Å². The summed E-state index contributed by atoms with van der Waals surface area (Å²) in [5, 5.41) is 3.63. The van der Waals surface area contributed by atoms with Gasteiger partial charge in [-0.15, -0.1) is 0 Å². The number of aryl methyl sites for hydroxylation is 2. The molecule has 1 heterocycles. The van der Waals surface area contributed by atoms with Crippen molar-refractivity contribution >= 4 is 11.8 Å². The Bertz CT molecular complexity index is 393. The van der Waals surface area contributed by atoms with Crippen molar-refractivity contribution in [2.45, 2.75) is 20.8 Å². The maximum absolute atomic E-state index is 5.22. The number of aromatic nitrogens is 2. The Kier molecular flexibility index (Phi) is 2.96. The Morgan fingerprint density at radius 3 is 2.57 bits per heavy atom. The summed E-state index contributed by atoms with van der Waals surface area (Å²) < 4.78 is 0. The minimum Gasteiger partial charge on any atom is -0.323 e. The van der Waals surface area contributed by atoms with Crippen LogP contribution in [0.2, 0.25) is 0 Å². The minimum absolute atomic E-state index is 0.688. The highest BCUT2D eigenvalue weighted by molar-refractivity contribution is 5.99. The lowest BCUT2D eigenvalue weighted by Gasteiger charge is -2.07. The van der Waals surface area contributed by atoms with Gasteiger partial charge in [0.05, 0.1) is 11.4 Å². The van der Waals surface area contributed by atoms with Gasteiger partial charge in [0.2, 0.25) is 0 Å². The van der Waals surface area contributed by atoms with Crippen LogP contribution >= 0.6 is 0 Å². The average molecular weight is 190 g/mol. The molecule has 0 aliphatic heterocycles. The van der Waals surface area contributed by atoms with Crippen molar-refractivity contribution in [1.29, 1.82) is 0 Å². The average Bonchev–Trinajstić information content (AvgIpc) is 2.15. The number of nitrogens with two attached hydrogens (primary N) is 1. The van der Waals surface area contributed by atoms with Gasteiger partial charge in [-0.3, -0.25) is 0 Å². The molecule has 2 N–H and O–H groups in total. The Balaban J connectivity index is 3.47. The van der Waals surface area contributed by atoms with E-state index in [2.05, 4.69) is 21.6 Å². The predicted octanol–water partition coefficient (Wildman–Crippen LogP) is 1.42. The van der Waals surface area contributed by atoms with Crippen LogP contribution in [0.1, 0.15) is 29.7 Å². The van der Waals surface area contributed by atoms with Crippen LogP contribution in [-0.4, -0.2) is 15.7 Å². The molecule has 0 fully saturated rings. The number of hydrazone groups is 1. The van der Waals surface area contributed by atoms with Gasteiger partial charge >= 0.3 is 0 Å². The van der Waals surface area contributed by atoms with E-state index in [0.29, 0.717) is 11.5 Å². The maximum Gasteiger partial charge on any atom is 0.126 e. The third-order valence-electron chi connectivity index (χ3n) is 1.99. The molecule has 14 heavy (non-hydrogen) atoms. The van der Waals surface area contributed by atoms with Crippen molar-refractivity contribution in [3.05, 3.63) is 29.4 Å². The maximum atomic E-state index is 5.22. The second kappa shape index (κ2) is 4.00. The summed E-state index contributed by atoms with van der Waals surface area (Å²) in [6, 6.07) is 0. The summed E-state index contributed by atoms with van der Waals surface area (Å²) in [5.74, 6) is 5.94. The highest BCUT2D eigenvalue weighted by atomic mass is 15.1. The van der Waals surface area contributed by atoms with E-state index >= 15 is 0 Å². The van der Waals surface area contributed by atoms with Gasteiger partial charge in [0.25, 0.3) is 0 Å². The van der Waals surface area contributed by atoms with Gasteiger partial charge in [-0.05, 0) is 20.8 Å². The molecule has 0 amide bonds. The van der Waals surface area contributed by atoms with Gasteiger partial charge in [-0.2, -0.15) is 5.10 Å². The fraction of sp³-hybridized carbons (Fsp3) is 0.300. The van der Waals surface area contributed by atoms with Crippen LogP contribution in [-0.2, 0) is 0 Å². The fourth-order valence-corrected chi connectivity index (χ4v) is 1.30. The quantitative estimate of drug-likeness (QED) is 0.436. The van der Waals surface area contributed by atoms with Crippen LogP contribution < -0.4 is 5.84 Å². The molecule has 1 rings (SSSR count). The van der Waals surface area contributed by atoms with Gasteiger partial charge in [-0.1, -0.05) is 12.7 Å². The third-order valence-corrected chi connectivity index (χ3v) is 1.99. The molecule has 0 radical (unpaired) electrons. The van der Waals surface area contributed by atoms with Crippen LogP contribution in [0.25, 0.3) is 6.08 Å². The van der Waals surface area contributed by atoms with E-state index in [0.717, 1.165) is 17.0 Å². The molecular weight excluding hydrogens is 176 g/mol. The Morgan fingerprint density at radius 1 is 1.43 bits per heavy atom. The number of hydrogen-bond donors (Lipinski definition) is 1. The molecule has 0 bridgehead atoms. The summed E-state index contributed by atoms with van der Waals surface area (Å²) in [7, 11) is 0. The Morgan fingerprint density at radius 2 is 2.07 bits per heavy atom. The molecule has 0 aromatic carbocycles. The summed E-state index contributed by atoms with van der Waals surface area (Å²) in [6.07, 6.45) is 1.72. The monoisotopic (exact) mass is 190 g/mol. The summed E-state index contributed by atoms with van der Waals surface area (Å²) in [6.45, 7) is 9.29. The Hall–Kier alpha value is -1.71. The van der Waals surface area contributed by atoms with E-state index < -0.39 is 0 Å². The first-order valence-corrected chi connectivity index (χ1v) is 4.32. The fourth-order valence-electron chi connectivity index (χ4n) is 1.30.